The summed E-state index contributed by atoms with van der Waals surface area (Å²) >= 11 is 0. The predicted octanol–water partition coefficient (Wildman–Crippen LogP) is 2.96. The molecule has 152 valence electrons. The molecule has 1 aliphatic rings. The molecule has 1 atom stereocenters. The number of nitrogens with one attached hydrogen (secondary N) is 1. The van der Waals surface area contributed by atoms with Crippen molar-refractivity contribution in [2.45, 2.75) is 46.1 Å². The molecule has 1 aliphatic heterocycles. The van der Waals surface area contributed by atoms with Gasteiger partial charge in [-0.05, 0) is 49.8 Å². The minimum Gasteiger partial charge on any atom is -0.497 e. The Kier molecular flexibility index (Phi) is 7.68. The second-order valence-electron chi connectivity index (χ2n) is 7.54. The van der Waals surface area contributed by atoms with Crippen LogP contribution in [0.5, 0.6) is 5.75 Å². The molecule has 1 heterocycles. The quantitative estimate of drug-likeness (QED) is 0.733. The smallest absolute Gasteiger partial charge is 0.223 e. The zero-order chi connectivity index (χ0) is 20.0. The van der Waals surface area contributed by atoms with E-state index in [1.165, 1.54) is 4.31 Å². The van der Waals surface area contributed by atoms with E-state index in [0.29, 0.717) is 31.8 Å². The highest BCUT2D eigenvalue weighted by molar-refractivity contribution is 7.89. The number of carbonyl (C=O) groups excluding carboxylic acids is 1. The van der Waals surface area contributed by atoms with Crippen molar-refractivity contribution in [1.29, 1.82) is 0 Å². The van der Waals surface area contributed by atoms with Crippen LogP contribution >= 0.6 is 0 Å². The van der Waals surface area contributed by atoms with E-state index in [1.54, 1.807) is 14.0 Å². The van der Waals surface area contributed by atoms with E-state index < -0.39 is 10.0 Å². The first-order valence-corrected chi connectivity index (χ1v) is 11.3. The number of amides is 1. The van der Waals surface area contributed by atoms with Gasteiger partial charge in [-0.1, -0.05) is 26.0 Å². The van der Waals surface area contributed by atoms with Crippen molar-refractivity contribution < 1.29 is 17.9 Å². The zero-order valence-corrected chi connectivity index (χ0v) is 17.6. The summed E-state index contributed by atoms with van der Waals surface area (Å²) in [4.78, 5) is 12.8. The lowest BCUT2D eigenvalue weighted by atomic mass is 9.93. The van der Waals surface area contributed by atoms with Crippen LogP contribution in [0.2, 0.25) is 0 Å². The van der Waals surface area contributed by atoms with Gasteiger partial charge in [-0.2, -0.15) is 0 Å². The van der Waals surface area contributed by atoms with Crippen LogP contribution in [0, 0.1) is 11.8 Å². The molecule has 1 fully saturated rings. The number of carbonyl (C=O) groups is 1. The van der Waals surface area contributed by atoms with Crippen LogP contribution in [0.3, 0.4) is 0 Å². The number of piperidine rings is 1. The molecule has 0 aliphatic carbocycles. The monoisotopic (exact) mass is 396 g/mol. The van der Waals surface area contributed by atoms with Crippen LogP contribution in [0.15, 0.2) is 24.3 Å². The summed E-state index contributed by atoms with van der Waals surface area (Å²) in [6.07, 6.45) is 1.99. The number of sulfonamides is 1. The predicted molar refractivity (Wildman–Crippen MR) is 107 cm³/mol. The second-order valence-corrected chi connectivity index (χ2v) is 9.80. The SMILES string of the molecule is CCS(=O)(=O)N1CCC(C(=O)N[C@H](CC(C)C)c2ccc(OC)cc2)CC1. The fourth-order valence-corrected chi connectivity index (χ4v) is 4.59. The molecule has 1 amide bonds. The molecule has 6 nitrogen and oxygen atoms in total. The van der Waals surface area contributed by atoms with Gasteiger partial charge in [-0.15, -0.1) is 0 Å². The number of nitrogens with zero attached hydrogens (tertiary/aromatic N) is 1. The normalized spacial score (nSPS) is 17.7. The summed E-state index contributed by atoms with van der Waals surface area (Å²) in [5.74, 6) is 1.22. The molecule has 7 heteroatoms. The number of hydrogen-bond acceptors (Lipinski definition) is 4. The highest BCUT2D eigenvalue weighted by Crippen LogP contribution is 2.26. The minimum absolute atomic E-state index is 0.0185. The number of ether oxygens (including phenoxy) is 1. The van der Waals surface area contributed by atoms with E-state index in [4.69, 9.17) is 4.74 Å². The molecule has 27 heavy (non-hydrogen) atoms. The number of hydrogen-bond donors (Lipinski definition) is 1. The van der Waals surface area contributed by atoms with Crippen LogP contribution < -0.4 is 10.1 Å². The Morgan fingerprint density at radius 2 is 1.81 bits per heavy atom. The van der Waals surface area contributed by atoms with E-state index in [-0.39, 0.29) is 23.6 Å². The third-order valence-corrected chi connectivity index (χ3v) is 7.01. The third kappa shape index (κ3) is 5.94. The van der Waals surface area contributed by atoms with Gasteiger partial charge in [-0.3, -0.25) is 4.79 Å². The average Bonchev–Trinajstić information content (AvgIpc) is 2.67. The summed E-state index contributed by atoms with van der Waals surface area (Å²) < 4.78 is 30.7. The fourth-order valence-electron chi connectivity index (χ4n) is 3.45. The average molecular weight is 397 g/mol. The fraction of sp³-hybridized carbons (Fsp3) is 0.650. The van der Waals surface area contributed by atoms with Crippen molar-refractivity contribution in [3.8, 4) is 5.75 Å². The Balaban J connectivity index is 2.01. The van der Waals surface area contributed by atoms with Gasteiger partial charge in [0.1, 0.15) is 5.75 Å². The standard InChI is InChI=1S/C20H32N2O4S/c1-5-27(24,25)22-12-10-17(11-13-22)20(23)21-19(14-15(2)3)16-6-8-18(26-4)9-7-16/h6-9,15,17,19H,5,10-14H2,1-4H3,(H,21,23)/t19-/m1/s1. The van der Waals surface area contributed by atoms with Crippen molar-refractivity contribution in [3.05, 3.63) is 29.8 Å². The van der Waals surface area contributed by atoms with Gasteiger partial charge in [-0.25, -0.2) is 12.7 Å². The first-order chi connectivity index (χ1) is 12.8. The number of rotatable bonds is 8. The van der Waals surface area contributed by atoms with Crippen molar-refractivity contribution in [2.24, 2.45) is 11.8 Å². The van der Waals surface area contributed by atoms with E-state index in [9.17, 15) is 13.2 Å². The van der Waals surface area contributed by atoms with Crippen molar-refractivity contribution in [3.63, 3.8) is 0 Å². The summed E-state index contributed by atoms with van der Waals surface area (Å²) in [5.41, 5.74) is 1.06. The molecule has 0 spiro atoms. The highest BCUT2D eigenvalue weighted by atomic mass is 32.2. The maximum absolute atomic E-state index is 12.8. The van der Waals surface area contributed by atoms with Crippen molar-refractivity contribution >= 4 is 15.9 Å². The van der Waals surface area contributed by atoms with Gasteiger partial charge in [0, 0.05) is 19.0 Å². The summed E-state index contributed by atoms with van der Waals surface area (Å²) in [7, 11) is -1.54. The van der Waals surface area contributed by atoms with Gasteiger partial charge < -0.3 is 10.1 Å². The Morgan fingerprint density at radius 3 is 2.30 bits per heavy atom. The Morgan fingerprint density at radius 1 is 1.22 bits per heavy atom. The molecule has 0 saturated carbocycles. The lowest BCUT2D eigenvalue weighted by molar-refractivity contribution is -0.127. The van der Waals surface area contributed by atoms with Crippen LogP contribution in [0.1, 0.15) is 51.6 Å². The molecule has 1 saturated heterocycles. The lowest BCUT2D eigenvalue weighted by Crippen LogP contribution is -2.44. The summed E-state index contributed by atoms with van der Waals surface area (Å²) in [5, 5.41) is 3.19. The second kappa shape index (κ2) is 9.55. The molecule has 1 aromatic rings. The Labute approximate surface area is 163 Å². The van der Waals surface area contributed by atoms with Gasteiger partial charge in [0.05, 0.1) is 18.9 Å². The van der Waals surface area contributed by atoms with E-state index in [2.05, 4.69) is 19.2 Å². The molecule has 0 aromatic heterocycles. The lowest BCUT2D eigenvalue weighted by Gasteiger charge is -2.31. The summed E-state index contributed by atoms with van der Waals surface area (Å²) in [6, 6.07) is 7.73. The molecule has 0 bridgehead atoms. The molecule has 1 aromatic carbocycles. The largest absolute Gasteiger partial charge is 0.497 e. The highest BCUT2D eigenvalue weighted by Gasteiger charge is 2.31. The van der Waals surface area contributed by atoms with Gasteiger partial charge in [0.2, 0.25) is 15.9 Å². The first kappa shape index (κ1) is 21.7. The topological polar surface area (TPSA) is 75.7 Å². The maximum atomic E-state index is 12.8. The van der Waals surface area contributed by atoms with Crippen LogP contribution in [-0.4, -0.2) is 44.6 Å². The molecule has 2 rings (SSSR count). The number of methoxy groups -OCH3 is 1. The minimum atomic E-state index is -3.17. The van der Waals surface area contributed by atoms with Crippen LogP contribution in [0.4, 0.5) is 0 Å². The summed E-state index contributed by atoms with van der Waals surface area (Å²) in [6.45, 7) is 6.77. The van der Waals surface area contributed by atoms with Crippen LogP contribution in [-0.2, 0) is 14.8 Å². The molecule has 1 N–H and O–H groups in total. The Hall–Kier alpha value is -1.60. The molecular formula is C20H32N2O4S. The molecule has 0 radical (unpaired) electrons. The molecular weight excluding hydrogens is 364 g/mol. The third-order valence-electron chi connectivity index (χ3n) is 5.12. The van der Waals surface area contributed by atoms with E-state index in [1.807, 2.05) is 24.3 Å². The van der Waals surface area contributed by atoms with Crippen LogP contribution in [0.25, 0.3) is 0 Å². The maximum Gasteiger partial charge on any atom is 0.223 e. The van der Waals surface area contributed by atoms with E-state index in [0.717, 1.165) is 17.7 Å². The first-order valence-electron chi connectivity index (χ1n) is 9.69. The van der Waals surface area contributed by atoms with E-state index >= 15 is 0 Å². The van der Waals surface area contributed by atoms with Gasteiger partial charge in [0.25, 0.3) is 0 Å². The Bertz CT molecular complexity index is 708. The number of benzene rings is 1. The van der Waals surface area contributed by atoms with Crippen molar-refractivity contribution in [1.82, 2.24) is 9.62 Å². The zero-order valence-electron chi connectivity index (χ0n) is 16.8. The molecule has 0 unspecified atom stereocenters. The van der Waals surface area contributed by atoms with Crippen molar-refractivity contribution in [2.75, 3.05) is 26.0 Å². The van der Waals surface area contributed by atoms with Gasteiger partial charge in [0.15, 0.2) is 0 Å². The van der Waals surface area contributed by atoms with Gasteiger partial charge >= 0.3 is 0 Å².